The van der Waals surface area contributed by atoms with Crippen LogP contribution < -0.4 is 10.4 Å². The van der Waals surface area contributed by atoms with E-state index in [0.29, 0.717) is 21.9 Å². The van der Waals surface area contributed by atoms with Gasteiger partial charge in [-0.3, -0.25) is 4.79 Å². The Labute approximate surface area is 184 Å². The van der Waals surface area contributed by atoms with E-state index in [9.17, 15) is 9.59 Å². The summed E-state index contributed by atoms with van der Waals surface area (Å²) in [5, 5.41) is 1.23. The number of Topliss-reactive ketones (excluding diaryl/α,β-unsaturated/α-hetero) is 1. The Morgan fingerprint density at radius 2 is 1.65 bits per heavy atom. The van der Waals surface area contributed by atoms with E-state index in [1.807, 2.05) is 42.5 Å². The van der Waals surface area contributed by atoms with E-state index < -0.39 is 0 Å². The molecule has 1 aromatic heterocycles. The summed E-state index contributed by atoms with van der Waals surface area (Å²) in [6.07, 6.45) is 2.51. The number of fused-ring (bicyclic) bond motifs is 3. The molecule has 4 nitrogen and oxygen atoms in total. The number of carbonyl (C=O) groups is 1. The first kappa shape index (κ1) is 19.6. The molecule has 5 heteroatoms. The fourth-order valence-electron chi connectivity index (χ4n) is 4.10. The maximum absolute atomic E-state index is 12.6. The van der Waals surface area contributed by atoms with Gasteiger partial charge in [-0.1, -0.05) is 66.2 Å². The van der Waals surface area contributed by atoms with Gasteiger partial charge >= 0.3 is 5.63 Å². The van der Waals surface area contributed by atoms with Crippen LogP contribution in [0.2, 0.25) is 5.02 Å². The van der Waals surface area contributed by atoms with Crippen molar-refractivity contribution in [2.45, 2.75) is 19.3 Å². The number of carbonyl (C=O) groups excluding carboxylic acids is 1. The van der Waals surface area contributed by atoms with E-state index in [4.69, 9.17) is 20.8 Å². The Hall–Kier alpha value is -3.37. The predicted octanol–water partition coefficient (Wildman–Crippen LogP) is 5.86. The Morgan fingerprint density at radius 3 is 2.42 bits per heavy atom. The van der Waals surface area contributed by atoms with Crippen LogP contribution in [0.25, 0.3) is 22.1 Å². The van der Waals surface area contributed by atoms with E-state index in [1.54, 1.807) is 24.3 Å². The molecule has 0 aliphatic heterocycles. The summed E-state index contributed by atoms with van der Waals surface area (Å²) in [6.45, 7) is -0.162. The lowest BCUT2D eigenvalue weighted by atomic mass is 10.0. The van der Waals surface area contributed by atoms with Crippen molar-refractivity contribution in [2.24, 2.45) is 0 Å². The molecule has 0 saturated carbocycles. The number of ether oxygens (including phenoxy) is 1. The lowest BCUT2D eigenvalue weighted by molar-refractivity contribution is 0.0921. The topological polar surface area (TPSA) is 56.5 Å². The lowest BCUT2D eigenvalue weighted by Gasteiger charge is -2.10. The van der Waals surface area contributed by atoms with Gasteiger partial charge in [0.25, 0.3) is 0 Å². The van der Waals surface area contributed by atoms with Crippen LogP contribution in [-0.2, 0) is 12.8 Å². The standard InChI is InChI=1S/C26H19ClO4/c27-22-13-21-19-7-4-8-20(19)26(29)31-24(21)14-25(22)30-15-23(28)18-11-9-17(10-12-18)16-5-2-1-3-6-16/h1-3,5-6,9-14H,4,7-8,15H2. The molecular weight excluding hydrogens is 412 g/mol. The van der Waals surface area contributed by atoms with Crippen LogP contribution in [0.4, 0.5) is 0 Å². The quantitative estimate of drug-likeness (QED) is 0.294. The first-order valence-electron chi connectivity index (χ1n) is 10.2. The second-order valence-electron chi connectivity index (χ2n) is 7.63. The van der Waals surface area contributed by atoms with Crippen molar-refractivity contribution in [2.75, 3.05) is 6.61 Å². The Kier molecular flexibility index (Phi) is 5.08. The fraction of sp³-hybridized carbons (Fsp3) is 0.154. The maximum Gasteiger partial charge on any atom is 0.339 e. The number of halogens is 1. The molecule has 1 aliphatic carbocycles. The highest BCUT2D eigenvalue weighted by atomic mass is 35.5. The van der Waals surface area contributed by atoms with Gasteiger partial charge < -0.3 is 9.15 Å². The maximum atomic E-state index is 12.6. The van der Waals surface area contributed by atoms with E-state index >= 15 is 0 Å². The number of aryl methyl sites for hydroxylation is 1. The molecular formula is C26H19ClO4. The molecule has 0 unspecified atom stereocenters. The first-order chi connectivity index (χ1) is 15.1. The summed E-state index contributed by atoms with van der Waals surface area (Å²) < 4.78 is 11.2. The number of hydrogen-bond acceptors (Lipinski definition) is 4. The highest BCUT2D eigenvalue weighted by Crippen LogP contribution is 2.34. The Bertz CT molecular complexity index is 1340. The van der Waals surface area contributed by atoms with Gasteiger partial charge in [0.05, 0.1) is 5.02 Å². The van der Waals surface area contributed by atoms with Gasteiger partial charge in [-0.15, -0.1) is 0 Å². The summed E-state index contributed by atoms with van der Waals surface area (Å²) in [4.78, 5) is 24.8. The van der Waals surface area contributed by atoms with Crippen molar-refractivity contribution < 1.29 is 13.9 Å². The predicted molar refractivity (Wildman–Crippen MR) is 121 cm³/mol. The molecule has 0 fully saturated rings. The van der Waals surface area contributed by atoms with Gasteiger partial charge in [-0.25, -0.2) is 4.79 Å². The van der Waals surface area contributed by atoms with E-state index in [0.717, 1.165) is 46.9 Å². The normalized spacial score (nSPS) is 12.7. The van der Waals surface area contributed by atoms with Gasteiger partial charge in [-0.2, -0.15) is 0 Å². The summed E-state index contributed by atoms with van der Waals surface area (Å²) in [5.41, 5.74) is 4.57. The molecule has 0 amide bonds. The van der Waals surface area contributed by atoms with Gasteiger partial charge in [0.1, 0.15) is 11.3 Å². The molecule has 0 radical (unpaired) electrons. The second-order valence-corrected chi connectivity index (χ2v) is 8.04. The third kappa shape index (κ3) is 3.75. The summed E-state index contributed by atoms with van der Waals surface area (Å²) in [5.74, 6) is 0.163. The fourth-order valence-corrected chi connectivity index (χ4v) is 4.32. The number of benzene rings is 3. The van der Waals surface area contributed by atoms with Crippen LogP contribution in [0.1, 0.15) is 27.9 Å². The molecule has 31 heavy (non-hydrogen) atoms. The first-order valence-corrected chi connectivity index (χ1v) is 10.6. The zero-order chi connectivity index (χ0) is 21.4. The summed E-state index contributed by atoms with van der Waals surface area (Å²) in [6, 6.07) is 20.7. The Balaban J connectivity index is 1.35. The van der Waals surface area contributed by atoms with Crippen molar-refractivity contribution in [1.29, 1.82) is 0 Å². The number of ketones is 1. The second kappa shape index (κ2) is 8.05. The van der Waals surface area contributed by atoms with Crippen molar-refractivity contribution in [3.8, 4) is 16.9 Å². The minimum Gasteiger partial charge on any atom is -0.484 e. The minimum atomic E-state index is -0.303. The molecule has 154 valence electrons. The summed E-state index contributed by atoms with van der Waals surface area (Å²) >= 11 is 6.41. The van der Waals surface area contributed by atoms with Crippen molar-refractivity contribution in [3.63, 3.8) is 0 Å². The SMILES string of the molecule is O=C(COc1cc2oc(=O)c3c(c2cc1Cl)CCC3)c1ccc(-c2ccccc2)cc1. The molecule has 0 spiro atoms. The molecule has 1 aliphatic rings. The highest BCUT2D eigenvalue weighted by Gasteiger charge is 2.21. The van der Waals surface area contributed by atoms with E-state index in [1.165, 1.54) is 0 Å². The molecule has 1 heterocycles. The number of hydrogen-bond donors (Lipinski definition) is 0. The monoisotopic (exact) mass is 430 g/mol. The average Bonchev–Trinajstić information content (AvgIpc) is 3.30. The molecule has 3 aromatic carbocycles. The van der Waals surface area contributed by atoms with E-state index in [2.05, 4.69) is 0 Å². The smallest absolute Gasteiger partial charge is 0.339 e. The third-order valence-corrected chi connectivity index (χ3v) is 5.99. The lowest BCUT2D eigenvalue weighted by Crippen LogP contribution is -2.12. The van der Waals surface area contributed by atoms with E-state index in [-0.39, 0.29) is 18.0 Å². The van der Waals surface area contributed by atoms with Crippen molar-refractivity contribution in [1.82, 2.24) is 0 Å². The van der Waals surface area contributed by atoms with Gasteiger partial charge in [0, 0.05) is 22.6 Å². The average molecular weight is 431 g/mol. The van der Waals surface area contributed by atoms with Crippen molar-refractivity contribution >= 4 is 28.4 Å². The molecule has 5 rings (SSSR count). The molecule has 0 saturated heterocycles. The van der Waals surface area contributed by atoms with Crippen molar-refractivity contribution in [3.05, 3.63) is 98.9 Å². The van der Waals surface area contributed by atoms with Crippen LogP contribution in [0.3, 0.4) is 0 Å². The summed E-state index contributed by atoms with van der Waals surface area (Å²) in [7, 11) is 0. The highest BCUT2D eigenvalue weighted by molar-refractivity contribution is 6.32. The van der Waals surface area contributed by atoms with Crippen LogP contribution >= 0.6 is 11.6 Å². The van der Waals surface area contributed by atoms with Crippen LogP contribution in [0, 0.1) is 0 Å². The molecule has 0 N–H and O–H groups in total. The van der Waals surface area contributed by atoms with Gasteiger partial charge in [0.2, 0.25) is 0 Å². The van der Waals surface area contributed by atoms with Gasteiger partial charge in [0.15, 0.2) is 12.4 Å². The van der Waals surface area contributed by atoms with Gasteiger partial charge in [-0.05, 0) is 42.0 Å². The largest absolute Gasteiger partial charge is 0.484 e. The molecule has 0 bridgehead atoms. The third-order valence-electron chi connectivity index (χ3n) is 5.70. The van der Waals surface area contributed by atoms with Crippen LogP contribution in [0.5, 0.6) is 5.75 Å². The molecule has 4 aromatic rings. The van der Waals surface area contributed by atoms with Crippen LogP contribution in [-0.4, -0.2) is 12.4 Å². The zero-order valence-corrected chi connectivity index (χ0v) is 17.4. The molecule has 0 atom stereocenters. The Morgan fingerprint density at radius 1 is 0.935 bits per heavy atom. The van der Waals surface area contributed by atoms with Crippen LogP contribution in [0.15, 0.2) is 75.9 Å². The zero-order valence-electron chi connectivity index (χ0n) is 16.7. The minimum absolute atomic E-state index is 0.161. The number of rotatable bonds is 5.